The van der Waals surface area contributed by atoms with Gasteiger partial charge in [-0.25, -0.2) is 4.79 Å². The Bertz CT molecular complexity index is 854. The number of imide groups is 1. The van der Waals surface area contributed by atoms with Gasteiger partial charge in [0.25, 0.3) is 5.91 Å². The molecule has 130 valence electrons. The van der Waals surface area contributed by atoms with Crippen molar-refractivity contribution >= 4 is 18.2 Å². The van der Waals surface area contributed by atoms with E-state index in [1.54, 1.807) is 38.3 Å². The Morgan fingerprint density at radius 1 is 1.20 bits per heavy atom. The van der Waals surface area contributed by atoms with Crippen molar-refractivity contribution in [2.45, 2.75) is 26.3 Å². The average molecular weight is 340 g/mol. The van der Waals surface area contributed by atoms with E-state index in [4.69, 9.17) is 4.74 Å². The minimum absolute atomic E-state index is 0.427. The zero-order valence-corrected chi connectivity index (χ0v) is 14.6. The number of hydrogen-bond acceptors (Lipinski definition) is 4. The number of aryl methyl sites for hydroxylation is 2. The lowest BCUT2D eigenvalue weighted by Crippen LogP contribution is -2.40. The first kappa shape index (κ1) is 16.8. The van der Waals surface area contributed by atoms with Crippen molar-refractivity contribution in [2.75, 3.05) is 7.11 Å². The van der Waals surface area contributed by atoms with E-state index in [1.807, 2.05) is 19.9 Å². The number of aromatic amines is 1. The Labute approximate surface area is 145 Å². The summed E-state index contributed by atoms with van der Waals surface area (Å²) < 4.78 is 5.13. The van der Waals surface area contributed by atoms with Gasteiger partial charge in [0.1, 0.15) is 11.3 Å². The summed E-state index contributed by atoms with van der Waals surface area (Å²) in [4.78, 5) is 28.2. The lowest BCUT2D eigenvalue weighted by molar-refractivity contribution is -0.131. The quantitative estimate of drug-likeness (QED) is 0.662. The largest absolute Gasteiger partial charge is 0.497 e. The summed E-state index contributed by atoms with van der Waals surface area (Å²) in [5, 5.41) is 7.67. The number of nitrogens with zero attached hydrogens (tertiary/aromatic N) is 2. The molecule has 1 aromatic carbocycles. The molecular weight excluding hydrogens is 320 g/mol. The number of methoxy groups -OCH3 is 1. The van der Waals surface area contributed by atoms with E-state index in [0.29, 0.717) is 11.3 Å². The molecule has 1 atom stereocenters. The fourth-order valence-corrected chi connectivity index (χ4v) is 2.85. The highest BCUT2D eigenvalue weighted by Crippen LogP contribution is 2.30. The van der Waals surface area contributed by atoms with E-state index in [0.717, 1.165) is 22.0 Å². The Kier molecular flexibility index (Phi) is 4.08. The van der Waals surface area contributed by atoms with E-state index >= 15 is 0 Å². The highest BCUT2D eigenvalue weighted by atomic mass is 16.5. The molecule has 1 aliphatic heterocycles. The lowest BCUT2D eigenvalue weighted by atomic mass is 9.92. The normalized spacial score (nSPS) is 20.4. The molecular formula is C18H20N4O3. The van der Waals surface area contributed by atoms with E-state index < -0.39 is 17.5 Å². The van der Waals surface area contributed by atoms with Crippen LogP contribution >= 0.6 is 0 Å². The average Bonchev–Trinajstić information content (AvgIpc) is 3.02. The van der Waals surface area contributed by atoms with Crippen molar-refractivity contribution < 1.29 is 14.3 Å². The monoisotopic (exact) mass is 340 g/mol. The maximum Gasteiger partial charge on any atom is 0.346 e. The summed E-state index contributed by atoms with van der Waals surface area (Å²) in [6, 6.07) is 8.35. The topological polar surface area (TPSA) is 86.8 Å². The van der Waals surface area contributed by atoms with Gasteiger partial charge in [0.15, 0.2) is 0 Å². The van der Waals surface area contributed by atoms with E-state index in [9.17, 15) is 9.59 Å². The van der Waals surface area contributed by atoms with Gasteiger partial charge in [0, 0.05) is 17.0 Å². The first-order valence-electron chi connectivity index (χ1n) is 7.86. The molecule has 7 nitrogen and oxygen atoms in total. The van der Waals surface area contributed by atoms with E-state index in [-0.39, 0.29) is 0 Å². The van der Waals surface area contributed by atoms with Crippen LogP contribution in [0.4, 0.5) is 4.79 Å². The number of ether oxygens (including phenoxy) is 1. The van der Waals surface area contributed by atoms with Gasteiger partial charge in [0.05, 0.1) is 13.3 Å². The third-order valence-electron chi connectivity index (χ3n) is 4.34. The molecule has 2 heterocycles. The second kappa shape index (κ2) is 6.08. The van der Waals surface area contributed by atoms with Crippen LogP contribution in [-0.4, -0.2) is 35.3 Å². The van der Waals surface area contributed by atoms with E-state index in [1.165, 1.54) is 6.21 Å². The molecule has 25 heavy (non-hydrogen) atoms. The fourth-order valence-electron chi connectivity index (χ4n) is 2.85. The highest BCUT2D eigenvalue weighted by Gasteiger charge is 2.49. The van der Waals surface area contributed by atoms with Gasteiger partial charge < -0.3 is 15.0 Å². The molecule has 1 aromatic heterocycles. The number of nitrogens with one attached hydrogen (secondary N) is 2. The summed E-state index contributed by atoms with van der Waals surface area (Å²) in [6.07, 6.45) is 1.51. The van der Waals surface area contributed by atoms with Gasteiger partial charge in [-0.05, 0) is 44.5 Å². The number of hydrazone groups is 1. The molecule has 3 rings (SSSR count). The first-order chi connectivity index (χ1) is 11.8. The predicted molar refractivity (Wildman–Crippen MR) is 93.6 cm³/mol. The Morgan fingerprint density at radius 3 is 2.44 bits per heavy atom. The van der Waals surface area contributed by atoms with Crippen LogP contribution in [0.15, 0.2) is 35.4 Å². The molecule has 0 radical (unpaired) electrons. The number of carbonyl (C=O) groups is 2. The van der Waals surface area contributed by atoms with Gasteiger partial charge in [-0.3, -0.25) is 4.79 Å². The van der Waals surface area contributed by atoms with Crippen LogP contribution in [0.5, 0.6) is 5.75 Å². The summed E-state index contributed by atoms with van der Waals surface area (Å²) in [5.74, 6) is 0.251. The lowest BCUT2D eigenvalue weighted by Gasteiger charge is -2.21. The summed E-state index contributed by atoms with van der Waals surface area (Å²) in [5.41, 5.74) is 2.24. The van der Waals surface area contributed by atoms with Crippen molar-refractivity contribution in [1.29, 1.82) is 0 Å². The third kappa shape index (κ3) is 2.88. The van der Waals surface area contributed by atoms with Gasteiger partial charge in [-0.2, -0.15) is 5.10 Å². The number of aromatic nitrogens is 1. The molecule has 2 N–H and O–H groups in total. The summed E-state index contributed by atoms with van der Waals surface area (Å²) in [7, 11) is 1.57. The van der Waals surface area contributed by atoms with Crippen molar-refractivity contribution in [3.8, 4) is 5.75 Å². The van der Waals surface area contributed by atoms with E-state index in [2.05, 4.69) is 15.4 Å². The zero-order valence-electron chi connectivity index (χ0n) is 14.6. The third-order valence-corrected chi connectivity index (χ3v) is 4.34. The number of amides is 3. The fraction of sp³-hybridized carbons (Fsp3) is 0.278. The molecule has 2 aromatic rings. The first-order valence-corrected chi connectivity index (χ1v) is 7.86. The standard InChI is InChI=1S/C18H20N4O3/c1-11-9-13(12(2)20-11)10-19-22-16(23)18(3,21-17(22)24)14-5-7-15(25-4)8-6-14/h5-10,20H,1-4H3,(H,21,24)/b19-10+/t18-/m1/s1. The minimum atomic E-state index is -1.16. The molecule has 1 fully saturated rings. The van der Waals surface area contributed by atoms with Crippen LogP contribution < -0.4 is 10.1 Å². The van der Waals surface area contributed by atoms with Gasteiger partial charge in [-0.1, -0.05) is 12.1 Å². The second-order valence-corrected chi connectivity index (χ2v) is 6.18. The number of urea groups is 1. The molecule has 0 unspecified atom stereocenters. The molecule has 7 heteroatoms. The maximum absolute atomic E-state index is 12.8. The number of benzene rings is 1. The maximum atomic E-state index is 12.8. The van der Waals surface area contributed by atoms with Gasteiger partial charge >= 0.3 is 6.03 Å². The number of rotatable bonds is 4. The van der Waals surface area contributed by atoms with Crippen LogP contribution in [0.25, 0.3) is 0 Å². The summed E-state index contributed by atoms with van der Waals surface area (Å²) >= 11 is 0. The molecule has 0 aliphatic carbocycles. The Balaban J connectivity index is 1.87. The second-order valence-electron chi connectivity index (χ2n) is 6.18. The Morgan fingerprint density at radius 2 is 1.88 bits per heavy atom. The molecule has 1 aliphatic rings. The van der Waals surface area contributed by atoms with Crippen LogP contribution in [0, 0.1) is 13.8 Å². The number of H-pyrrole nitrogens is 1. The van der Waals surface area contributed by atoms with Crippen molar-refractivity contribution in [1.82, 2.24) is 15.3 Å². The van der Waals surface area contributed by atoms with Gasteiger partial charge in [-0.15, -0.1) is 5.01 Å². The molecule has 0 bridgehead atoms. The molecule has 3 amide bonds. The van der Waals surface area contributed by atoms with Gasteiger partial charge in [0.2, 0.25) is 0 Å². The predicted octanol–water partition coefficient (Wildman–Crippen LogP) is 2.44. The van der Waals surface area contributed by atoms with Crippen LogP contribution in [0.3, 0.4) is 0 Å². The van der Waals surface area contributed by atoms with Crippen LogP contribution in [0.2, 0.25) is 0 Å². The number of carbonyl (C=O) groups excluding carboxylic acids is 2. The molecule has 1 saturated heterocycles. The molecule has 0 spiro atoms. The van der Waals surface area contributed by atoms with Crippen molar-refractivity contribution in [3.05, 3.63) is 52.8 Å². The SMILES string of the molecule is COc1ccc([C@@]2(C)NC(=O)N(/N=C/c3cc(C)[nH]c3C)C2=O)cc1. The van der Waals surface area contributed by atoms with Crippen molar-refractivity contribution in [3.63, 3.8) is 0 Å². The number of hydrogen-bond donors (Lipinski definition) is 2. The van der Waals surface area contributed by atoms with Crippen LogP contribution in [-0.2, 0) is 10.3 Å². The smallest absolute Gasteiger partial charge is 0.346 e. The summed E-state index contributed by atoms with van der Waals surface area (Å²) in [6.45, 7) is 5.50. The minimum Gasteiger partial charge on any atom is -0.497 e. The van der Waals surface area contributed by atoms with Crippen LogP contribution in [0.1, 0.15) is 29.4 Å². The highest BCUT2D eigenvalue weighted by molar-refractivity contribution is 6.07. The zero-order chi connectivity index (χ0) is 18.2. The molecule has 0 saturated carbocycles. The Hall–Kier alpha value is -3.09. The van der Waals surface area contributed by atoms with Crippen molar-refractivity contribution in [2.24, 2.45) is 5.10 Å².